The molecule has 5 nitrogen and oxygen atoms in total. The predicted molar refractivity (Wildman–Crippen MR) is 130 cm³/mol. The van der Waals surface area contributed by atoms with Crippen molar-refractivity contribution in [1.82, 2.24) is 5.32 Å². The number of halogens is 2. The number of thioether (sulfide) groups is 1. The van der Waals surface area contributed by atoms with Crippen molar-refractivity contribution in [3.05, 3.63) is 82.4 Å². The first-order valence-corrected chi connectivity index (χ1v) is 13.6. The number of hydrogen-bond donors (Lipinski definition) is 1. The zero-order valence-electron chi connectivity index (χ0n) is 17.0. The maximum atomic E-state index is 13.3. The van der Waals surface area contributed by atoms with Crippen LogP contribution < -0.4 is 9.62 Å². The van der Waals surface area contributed by atoms with Crippen molar-refractivity contribution in [1.29, 1.82) is 0 Å². The third-order valence-electron chi connectivity index (χ3n) is 4.39. The summed E-state index contributed by atoms with van der Waals surface area (Å²) in [4.78, 5) is 12.5. The van der Waals surface area contributed by atoms with Crippen LogP contribution in [0.15, 0.2) is 70.3 Å². The third-order valence-corrected chi connectivity index (χ3v) is 8.88. The van der Waals surface area contributed by atoms with Crippen molar-refractivity contribution >= 4 is 56.3 Å². The van der Waals surface area contributed by atoms with Gasteiger partial charge in [-0.25, -0.2) is 12.8 Å². The van der Waals surface area contributed by atoms with Crippen molar-refractivity contribution in [3.8, 4) is 0 Å². The Labute approximate surface area is 200 Å². The number of amides is 1. The van der Waals surface area contributed by atoms with Gasteiger partial charge in [0.1, 0.15) is 16.6 Å². The summed E-state index contributed by atoms with van der Waals surface area (Å²) >= 11 is 8.77. The van der Waals surface area contributed by atoms with Crippen molar-refractivity contribution in [3.63, 3.8) is 0 Å². The summed E-state index contributed by atoms with van der Waals surface area (Å²) < 4.78 is 40.5. The Bertz CT molecular complexity index is 1120. The van der Waals surface area contributed by atoms with Crippen LogP contribution in [-0.2, 0) is 20.6 Å². The summed E-state index contributed by atoms with van der Waals surface area (Å²) in [5.74, 6) is 0.754. The van der Waals surface area contributed by atoms with Crippen molar-refractivity contribution < 1.29 is 17.6 Å². The van der Waals surface area contributed by atoms with E-state index in [0.29, 0.717) is 11.6 Å². The van der Waals surface area contributed by atoms with E-state index in [0.717, 1.165) is 39.1 Å². The highest BCUT2D eigenvalue weighted by molar-refractivity contribution is 7.98. The van der Waals surface area contributed by atoms with Crippen LogP contribution in [0.4, 0.5) is 10.1 Å². The molecule has 170 valence electrons. The molecule has 2 aromatic carbocycles. The smallest absolute Gasteiger partial charge is 0.274 e. The summed E-state index contributed by atoms with van der Waals surface area (Å²) in [5, 5.41) is 5.13. The van der Waals surface area contributed by atoms with E-state index >= 15 is 0 Å². The molecule has 0 unspecified atom stereocenters. The van der Waals surface area contributed by atoms with Gasteiger partial charge >= 0.3 is 0 Å². The Morgan fingerprint density at radius 3 is 2.59 bits per heavy atom. The van der Waals surface area contributed by atoms with E-state index in [-0.39, 0.29) is 16.4 Å². The molecule has 0 radical (unpaired) electrons. The summed E-state index contributed by atoms with van der Waals surface area (Å²) in [6.07, 6.45) is 0.741. The molecule has 3 aromatic rings. The zero-order valence-corrected chi connectivity index (χ0v) is 20.2. The van der Waals surface area contributed by atoms with Crippen molar-refractivity contribution in [2.24, 2.45) is 0 Å². The molecule has 3 rings (SSSR count). The van der Waals surface area contributed by atoms with E-state index < -0.39 is 21.7 Å². The van der Waals surface area contributed by atoms with Gasteiger partial charge in [0.15, 0.2) is 0 Å². The molecule has 0 aliphatic carbocycles. The lowest BCUT2D eigenvalue weighted by atomic mass is 10.2. The molecule has 1 aromatic heterocycles. The van der Waals surface area contributed by atoms with Gasteiger partial charge in [-0.3, -0.25) is 9.10 Å². The topological polar surface area (TPSA) is 66.5 Å². The zero-order chi connectivity index (χ0) is 23.0. The fourth-order valence-electron chi connectivity index (χ4n) is 2.85. The van der Waals surface area contributed by atoms with Gasteiger partial charge in [-0.05, 0) is 65.6 Å². The van der Waals surface area contributed by atoms with Crippen LogP contribution in [0.1, 0.15) is 12.0 Å². The number of sulfonamides is 1. The molecule has 0 aliphatic heterocycles. The van der Waals surface area contributed by atoms with Crippen LogP contribution in [0.25, 0.3) is 0 Å². The van der Waals surface area contributed by atoms with Crippen LogP contribution in [-0.4, -0.2) is 33.2 Å². The van der Waals surface area contributed by atoms with E-state index in [1.165, 1.54) is 30.3 Å². The van der Waals surface area contributed by atoms with E-state index in [2.05, 4.69) is 5.32 Å². The molecule has 10 heteroatoms. The number of benzene rings is 2. The maximum absolute atomic E-state index is 13.3. The van der Waals surface area contributed by atoms with E-state index in [9.17, 15) is 17.6 Å². The fraction of sp³-hybridized carbons (Fsp3) is 0.227. The highest BCUT2D eigenvalue weighted by Crippen LogP contribution is 2.26. The first kappa shape index (κ1) is 24.6. The van der Waals surface area contributed by atoms with Gasteiger partial charge in [-0.2, -0.15) is 11.8 Å². The van der Waals surface area contributed by atoms with Gasteiger partial charge in [0.25, 0.3) is 10.0 Å². The molecular formula is C22H22ClFN2O3S3. The molecule has 0 bridgehead atoms. The third kappa shape index (κ3) is 6.96. The van der Waals surface area contributed by atoms with E-state index in [4.69, 9.17) is 11.6 Å². The molecule has 1 heterocycles. The molecule has 0 atom stereocenters. The van der Waals surface area contributed by atoms with Gasteiger partial charge < -0.3 is 5.32 Å². The van der Waals surface area contributed by atoms with Gasteiger partial charge in [-0.1, -0.05) is 29.8 Å². The lowest BCUT2D eigenvalue weighted by molar-refractivity contribution is -0.119. The van der Waals surface area contributed by atoms with Gasteiger partial charge in [0.05, 0.1) is 5.69 Å². The Morgan fingerprint density at radius 1 is 1.12 bits per heavy atom. The first-order chi connectivity index (χ1) is 15.4. The molecule has 32 heavy (non-hydrogen) atoms. The Balaban J connectivity index is 1.53. The Kier molecular flexibility index (Phi) is 8.98. The molecule has 0 saturated heterocycles. The fourth-order valence-corrected chi connectivity index (χ4v) is 6.49. The van der Waals surface area contributed by atoms with Crippen molar-refractivity contribution in [2.75, 3.05) is 23.1 Å². The molecule has 0 spiro atoms. The molecular weight excluding hydrogens is 491 g/mol. The monoisotopic (exact) mass is 512 g/mol. The number of carbonyl (C=O) groups excluding carboxylic acids is 1. The average molecular weight is 513 g/mol. The number of thiophene rings is 1. The number of carbonyl (C=O) groups is 1. The van der Waals surface area contributed by atoms with Crippen molar-refractivity contribution in [2.45, 2.75) is 16.4 Å². The van der Waals surface area contributed by atoms with Crippen LogP contribution in [0.2, 0.25) is 5.02 Å². The summed E-state index contributed by atoms with van der Waals surface area (Å²) in [6.45, 7) is 0.0409. The number of anilines is 1. The first-order valence-electron chi connectivity index (χ1n) is 9.77. The highest BCUT2D eigenvalue weighted by atomic mass is 35.5. The second kappa shape index (κ2) is 11.7. The standard InChI is InChI=1S/C22H22ClFN2O3S3/c23-18-5-1-4-17(14-18)16-30-12-3-11-25-21(27)15-26(20-9-7-19(24)8-10-20)32(28,29)22-6-2-13-31-22/h1-2,4-10,13-14H,3,11-12,15-16H2,(H,25,27). The summed E-state index contributed by atoms with van der Waals surface area (Å²) in [7, 11) is -3.94. The van der Waals surface area contributed by atoms with Crippen LogP contribution in [0, 0.1) is 5.82 Å². The molecule has 0 saturated carbocycles. The normalized spacial score (nSPS) is 11.3. The number of hydrogen-bond acceptors (Lipinski definition) is 5. The van der Waals surface area contributed by atoms with Crippen LogP contribution in [0.3, 0.4) is 0 Å². The molecule has 0 fully saturated rings. The molecule has 1 N–H and O–H groups in total. The minimum Gasteiger partial charge on any atom is -0.354 e. The lowest BCUT2D eigenvalue weighted by Gasteiger charge is -2.23. The van der Waals surface area contributed by atoms with Gasteiger partial charge in [0.2, 0.25) is 5.91 Å². The molecule has 1 amide bonds. The minimum absolute atomic E-state index is 0.118. The number of nitrogens with zero attached hydrogens (tertiary/aromatic N) is 1. The quantitative estimate of drug-likeness (QED) is 0.360. The van der Waals surface area contributed by atoms with Crippen LogP contribution in [0.5, 0.6) is 0 Å². The van der Waals surface area contributed by atoms with Crippen LogP contribution >= 0.6 is 34.7 Å². The Hall–Kier alpha value is -2.07. The minimum atomic E-state index is -3.94. The molecule has 0 aliphatic rings. The van der Waals surface area contributed by atoms with Gasteiger partial charge in [0, 0.05) is 17.3 Å². The predicted octanol–water partition coefficient (Wildman–Crippen LogP) is 5.18. The number of nitrogens with one attached hydrogen (secondary N) is 1. The Morgan fingerprint density at radius 2 is 1.91 bits per heavy atom. The van der Waals surface area contributed by atoms with E-state index in [1.807, 2.05) is 24.3 Å². The highest BCUT2D eigenvalue weighted by Gasteiger charge is 2.28. The van der Waals surface area contributed by atoms with E-state index in [1.54, 1.807) is 23.2 Å². The maximum Gasteiger partial charge on any atom is 0.274 e. The van der Waals surface area contributed by atoms with Gasteiger partial charge in [-0.15, -0.1) is 11.3 Å². The second-order valence-electron chi connectivity index (χ2n) is 6.81. The lowest BCUT2D eigenvalue weighted by Crippen LogP contribution is -2.41. The SMILES string of the molecule is O=C(CN(c1ccc(F)cc1)S(=O)(=O)c1cccs1)NCCCSCc1cccc(Cl)c1. The summed E-state index contributed by atoms with van der Waals surface area (Å²) in [6, 6.07) is 15.8. The largest absolute Gasteiger partial charge is 0.354 e. The summed E-state index contributed by atoms with van der Waals surface area (Å²) in [5.41, 5.74) is 1.37. The number of rotatable bonds is 11. The second-order valence-corrected chi connectivity index (χ2v) is 11.4. The average Bonchev–Trinajstić information content (AvgIpc) is 3.31.